The van der Waals surface area contributed by atoms with Gasteiger partial charge < -0.3 is 9.32 Å². The highest BCUT2D eigenvalue weighted by Crippen LogP contribution is 2.39. The monoisotopic (exact) mass is 731 g/mol. The van der Waals surface area contributed by atoms with Crippen LogP contribution in [0.2, 0.25) is 0 Å². The minimum Gasteiger partial charge on any atom is -0.416 e. The molecule has 1 unspecified atom stereocenters. The molecule has 55 heavy (non-hydrogen) atoms. The smallest absolute Gasteiger partial charge is 0.248 e. The number of hydrogen-bond donors (Lipinski definition) is 0. The predicted molar refractivity (Wildman–Crippen MR) is 233 cm³/mol. The highest BCUT2D eigenvalue weighted by molar-refractivity contribution is 5.78. The number of para-hydroxylation sites is 1. The molecule has 1 atom stereocenters. The Balaban J connectivity index is 1.16. The summed E-state index contributed by atoms with van der Waals surface area (Å²) < 4.78 is 6.20. The van der Waals surface area contributed by atoms with Gasteiger partial charge >= 0.3 is 0 Å². The van der Waals surface area contributed by atoms with Gasteiger partial charge in [0.1, 0.15) is 0 Å². The van der Waals surface area contributed by atoms with E-state index in [0.29, 0.717) is 17.7 Å². The molecular weight excluding hydrogens is 671 g/mol. The molecule has 6 aromatic rings. The summed E-state index contributed by atoms with van der Waals surface area (Å²) in [6.45, 7) is 16.4. The minimum absolute atomic E-state index is 0.114. The molecule has 1 heterocycles. The maximum Gasteiger partial charge on any atom is 0.248 e. The van der Waals surface area contributed by atoms with Gasteiger partial charge in [0.2, 0.25) is 11.8 Å². The molecule has 0 spiro atoms. The van der Waals surface area contributed by atoms with Crippen molar-refractivity contribution in [2.75, 3.05) is 4.90 Å². The van der Waals surface area contributed by atoms with Gasteiger partial charge in [0.25, 0.3) is 0 Å². The fraction of sp³-hybridized carbons (Fsp3) is 0.373. The third-order valence-corrected chi connectivity index (χ3v) is 11.9. The third kappa shape index (κ3) is 9.47. The fourth-order valence-corrected chi connectivity index (χ4v) is 8.09. The van der Waals surface area contributed by atoms with Crippen LogP contribution in [-0.4, -0.2) is 10.2 Å². The van der Waals surface area contributed by atoms with Crippen LogP contribution in [0.4, 0.5) is 17.1 Å². The van der Waals surface area contributed by atoms with Crippen LogP contribution in [0.15, 0.2) is 132 Å². The Morgan fingerprint density at radius 3 is 1.53 bits per heavy atom. The van der Waals surface area contributed by atoms with E-state index in [9.17, 15) is 0 Å². The molecule has 0 aliphatic heterocycles. The Labute approximate surface area is 331 Å². The van der Waals surface area contributed by atoms with E-state index in [4.69, 9.17) is 4.42 Å². The molecule has 286 valence electrons. The molecule has 0 saturated carbocycles. The van der Waals surface area contributed by atoms with Gasteiger partial charge in [-0.15, -0.1) is 10.2 Å². The molecule has 4 heteroatoms. The van der Waals surface area contributed by atoms with Crippen molar-refractivity contribution in [3.63, 3.8) is 0 Å². The van der Waals surface area contributed by atoms with E-state index in [2.05, 4.69) is 191 Å². The van der Waals surface area contributed by atoms with Crippen LogP contribution < -0.4 is 4.90 Å². The van der Waals surface area contributed by atoms with Crippen LogP contribution in [0.1, 0.15) is 117 Å². The quantitative estimate of drug-likeness (QED) is 0.0826. The Bertz CT molecular complexity index is 2040. The van der Waals surface area contributed by atoms with Crippen molar-refractivity contribution in [1.82, 2.24) is 10.2 Å². The average Bonchev–Trinajstić information content (AvgIpc) is 3.72. The van der Waals surface area contributed by atoms with E-state index < -0.39 is 0 Å². The highest BCUT2D eigenvalue weighted by atomic mass is 16.4. The van der Waals surface area contributed by atoms with E-state index in [-0.39, 0.29) is 10.8 Å². The van der Waals surface area contributed by atoms with E-state index >= 15 is 0 Å². The van der Waals surface area contributed by atoms with Crippen LogP contribution >= 0.6 is 0 Å². The number of unbranched alkanes of at least 4 members (excludes halogenated alkanes) is 4. The summed E-state index contributed by atoms with van der Waals surface area (Å²) in [4.78, 5) is 2.34. The van der Waals surface area contributed by atoms with Gasteiger partial charge in [-0.1, -0.05) is 160 Å². The van der Waals surface area contributed by atoms with Crippen LogP contribution in [0.25, 0.3) is 34.0 Å². The maximum atomic E-state index is 6.20. The average molecular weight is 732 g/mol. The second-order valence-electron chi connectivity index (χ2n) is 16.5. The number of benzene rings is 5. The molecule has 0 bridgehead atoms. The topological polar surface area (TPSA) is 42.2 Å². The molecule has 0 amide bonds. The number of rotatable bonds is 18. The van der Waals surface area contributed by atoms with Crippen LogP contribution in [0, 0.1) is 5.92 Å². The second kappa shape index (κ2) is 18.1. The molecule has 5 aromatic carbocycles. The fourth-order valence-electron chi connectivity index (χ4n) is 8.09. The zero-order valence-corrected chi connectivity index (χ0v) is 34.3. The van der Waals surface area contributed by atoms with Gasteiger partial charge in [0.15, 0.2) is 0 Å². The number of aromatic nitrogens is 2. The van der Waals surface area contributed by atoms with E-state index in [1.807, 2.05) is 0 Å². The van der Waals surface area contributed by atoms with E-state index in [1.165, 1.54) is 68.9 Å². The zero-order chi connectivity index (χ0) is 38.8. The van der Waals surface area contributed by atoms with Gasteiger partial charge in [0.05, 0.1) is 0 Å². The van der Waals surface area contributed by atoms with E-state index in [0.717, 1.165) is 39.3 Å². The molecule has 0 aliphatic carbocycles. The number of hydrogen-bond acceptors (Lipinski definition) is 4. The standard InChI is InChI=1S/C51H61N3O/c1-8-11-13-17-37-50(4,5)43-31-35-47(36-32-43)54(45-19-15-14-16-20-45)46-33-27-39(28-34-46)38-21-23-40(24-22-38)48-52-53-49(55-48)41-25-29-44(30-26-41)51(6,7)42(10-3)18-12-9-2/h14-16,19-36,42H,8-13,17-18,37H2,1-7H3. The molecule has 4 nitrogen and oxygen atoms in total. The predicted octanol–water partition coefficient (Wildman–Crippen LogP) is 15.3. The largest absolute Gasteiger partial charge is 0.416 e. The maximum absolute atomic E-state index is 6.20. The normalized spacial score (nSPS) is 12.5. The highest BCUT2D eigenvalue weighted by Gasteiger charge is 2.29. The molecule has 0 saturated heterocycles. The molecular formula is C51H61N3O. The number of nitrogens with zero attached hydrogens (tertiary/aromatic N) is 3. The molecule has 1 aromatic heterocycles. The summed E-state index contributed by atoms with van der Waals surface area (Å²) in [5, 5.41) is 8.83. The van der Waals surface area contributed by atoms with E-state index in [1.54, 1.807) is 0 Å². The Morgan fingerprint density at radius 2 is 0.982 bits per heavy atom. The summed E-state index contributed by atoms with van der Waals surface area (Å²) in [6.07, 6.45) is 11.4. The van der Waals surface area contributed by atoms with Gasteiger partial charge in [0, 0.05) is 28.2 Å². The molecule has 0 radical (unpaired) electrons. The lowest BCUT2D eigenvalue weighted by atomic mass is 9.70. The van der Waals surface area contributed by atoms with Crippen molar-refractivity contribution in [2.45, 2.75) is 117 Å². The van der Waals surface area contributed by atoms with Crippen molar-refractivity contribution in [3.05, 3.63) is 139 Å². The molecule has 0 N–H and O–H groups in total. The lowest BCUT2D eigenvalue weighted by Gasteiger charge is -2.34. The van der Waals surface area contributed by atoms with Gasteiger partial charge in [-0.3, -0.25) is 0 Å². The van der Waals surface area contributed by atoms with Crippen LogP contribution in [0.5, 0.6) is 0 Å². The first-order valence-corrected chi connectivity index (χ1v) is 20.8. The second-order valence-corrected chi connectivity index (χ2v) is 16.5. The van der Waals surface area contributed by atoms with Crippen molar-refractivity contribution >= 4 is 17.1 Å². The SMILES string of the molecule is CCCCCCC(C)(C)c1ccc(N(c2ccccc2)c2ccc(-c3ccc(-c4nnc(-c5ccc(C(C)(C)C(CC)CCCC)cc5)o4)cc3)cc2)cc1. The van der Waals surface area contributed by atoms with Crippen LogP contribution in [0.3, 0.4) is 0 Å². The minimum atomic E-state index is 0.114. The lowest BCUT2D eigenvalue weighted by molar-refractivity contribution is 0.283. The third-order valence-electron chi connectivity index (χ3n) is 11.9. The summed E-state index contributed by atoms with van der Waals surface area (Å²) in [7, 11) is 0. The van der Waals surface area contributed by atoms with Crippen molar-refractivity contribution in [2.24, 2.45) is 5.92 Å². The van der Waals surface area contributed by atoms with Crippen molar-refractivity contribution in [1.29, 1.82) is 0 Å². The summed E-state index contributed by atoms with van der Waals surface area (Å²) >= 11 is 0. The van der Waals surface area contributed by atoms with Crippen LogP contribution in [-0.2, 0) is 10.8 Å². The molecule has 0 fully saturated rings. The molecule has 6 rings (SSSR count). The van der Waals surface area contributed by atoms with Crippen molar-refractivity contribution in [3.8, 4) is 34.0 Å². The van der Waals surface area contributed by atoms with Gasteiger partial charge in [-0.25, -0.2) is 0 Å². The summed E-state index contributed by atoms with van der Waals surface area (Å²) in [6, 6.07) is 45.8. The van der Waals surface area contributed by atoms with Gasteiger partial charge in [-0.05, 0) is 113 Å². The summed E-state index contributed by atoms with van der Waals surface area (Å²) in [5.74, 6) is 1.72. The first-order chi connectivity index (χ1) is 26.6. The van der Waals surface area contributed by atoms with Gasteiger partial charge in [-0.2, -0.15) is 0 Å². The number of anilines is 3. The first kappa shape index (κ1) is 39.7. The molecule has 0 aliphatic rings. The Hall–Kier alpha value is -4.96. The Morgan fingerprint density at radius 1 is 0.509 bits per heavy atom. The zero-order valence-electron chi connectivity index (χ0n) is 34.3. The Kier molecular flexibility index (Phi) is 13.1. The first-order valence-electron chi connectivity index (χ1n) is 20.8. The van der Waals surface area contributed by atoms with Crippen molar-refractivity contribution < 1.29 is 4.42 Å². The summed E-state index contributed by atoms with van der Waals surface area (Å²) in [5.41, 5.74) is 10.6. The lowest BCUT2D eigenvalue weighted by Crippen LogP contribution is -2.28.